The van der Waals surface area contributed by atoms with E-state index in [1.165, 1.54) is 0 Å². The topological polar surface area (TPSA) is 72.4 Å². The van der Waals surface area contributed by atoms with Gasteiger partial charge >= 0.3 is 0 Å². The van der Waals surface area contributed by atoms with Gasteiger partial charge in [0.25, 0.3) is 5.91 Å². The molecule has 2 heterocycles. The third-order valence-electron chi connectivity index (χ3n) is 4.66. The van der Waals surface area contributed by atoms with Gasteiger partial charge in [-0.3, -0.25) is 9.59 Å². The van der Waals surface area contributed by atoms with Crippen LogP contribution in [0, 0.1) is 0 Å². The molecule has 1 aliphatic heterocycles. The average molecular weight is 349 g/mol. The fourth-order valence-corrected chi connectivity index (χ4v) is 3.26. The molecule has 0 radical (unpaired) electrons. The molecule has 132 valence electrons. The van der Waals surface area contributed by atoms with Crippen LogP contribution in [0.5, 0.6) is 5.75 Å². The highest BCUT2D eigenvalue weighted by atomic mass is 16.5. The van der Waals surface area contributed by atoms with Crippen molar-refractivity contribution in [1.82, 2.24) is 15.2 Å². The van der Waals surface area contributed by atoms with Crippen molar-refractivity contribution in [3.8, 4) is 5.75 Å². The van der Waals surface area contributed by atoms with Crippen LogP contribution in [0.4, 0.5) is 0 Å². The van der Waals surface area contributed by atoms with Gasteiger partial charge in [0.15, 0.2) is 0 Å². The van der Waals surface area contributed by atoms with Crippen molar-refractivity contribution in [3.05, 3.63) is 65.9 Å². The Morgan fingerprint density at radius 2 is 2.00 bits per heavy atom. The van der Waals surface area contributed by atoms with Crippen LogP contribution < -0.4 is 15.4 Å². The minimum Gasteiger partial charge on any atom is -0.497 e. The first-order valence-corrected chi connectivity index (χ1v) is 8.45. The number of benzene rings is 2. The number of nitrogens with zero attached hydrogens (tertiary/aromatic N) is 1. The molecule has 0 unspecified atom stereocenters. The Morgan fingerprint density at radius 3 is 2.77 bits per heavy atom. The number of fused-ring (bicyclic) bond motifs is 3. The summed E-state index contributed by atoms with van der Waals surface area (Å²) in [5.74, 6) is 0.348. The van der Waals surface area contributed by atoms with Crippen LogP contribution in [0.1, 0.15) is 16.1 Å². The Morgan fingerprint density at radius 1 is 1.23 bits per heavy atom. The Labute approximate surface area is 150 Å². The van der Waals surface area contributed by atoms with E-state index < -0.39 is 6.04 Å². The second-order valence-electron chi connectivity index (χ2n) is 6.29. The fourth-order valence-electron chi connectivity index (χ4n) is 3.26. The number of nitrogens with one attached hydrogen (secondary N) is 2. The number of carbonyl (C=O) groups is 2. The van der Waals surface area contributed by atoms with Crippen LogP contribution in [0.3, 0.4) is 0 Å². The van der Waals surface area contributed by atoms with Crippen LogP contribution in [-0.4, -0.2) is 29.5 Å². The van der Waals surface area contributed by atoms with Crippen molar-refractivity contribution in [2.45, 2.75) is 19.1 Å². The summed E-state index contributed by atoms with van der Waals surface area (Å²) in [6, 6.07) is 16.6. The van der Waals surface area contributed by atoms with Crippen LogP contribution in [-0.2, 0) is 17.9 Å². The highest BCUT2D eigenvalue weighted by Gasteiger charge is 2.30. The number of hydrogen-bond donors (Lipinski definition) is 2. The first-order valence-electron chi connectivity index (χ1n) is 8.45. The number of ether oxygens (including phenoxy) is 1. The summed E-state index contributed by atoms with van der Waals surface area (Å²) in [5.41, 5.74) is 2.52. The highest BCUT2D eigenvalue weighted by molar-refractivity contribution is 6.02. The quantitative estimate of drug-likeness (QED) is 0.757. The zero-order valence-electron chi connectivity index (χ0n) is 14.4. The van der Waals surface area contributed by atoms with Crippen LogP contribution >= 0.6 is 0 Å². The summed E-state index contributed by atoms with van der Waals surface area (Å²) >= 11 is 0. The van der Waals surface area contributed by atoms with Gasteiger partial charge in [0.1, 0.15) is 17.5 Å². The van der Waals surface area contributed by atoms with Crippen molar-refractivity contribution < 1.29 is 14.3 Å². The molecule has 2 amide bonds. The number of amides is 2. The molecular weight excluding hydrogens is 330 g/mol. The number of carbonyl (C=O) groups excluding carboxylic acids is 2. The van der Waals surface area contributed by atoms with E-state index >= 15 is 0 Å². The van der Waals surface area contributed by atoms with Gasteiger partial charge in [-0.05, 0) is 29.8 Å². The monoisotopic (exact) mass is 349 g/mol. The van der Waals surface area contributed by atoms with E-state index in [4.69, 9.17) is 4.74 Å². The van der Waals surface area contributed by atoms with Gasteiger partial charge in [0, 0.05) is 17.4 Å². The van der Waals surface area contributed by atoms with Gasteiger partial charge in [-0.1, -0.05) is 30.3 Å². The lowest BCUT2D eigenvalue weighted by Gasteiger charge is -2.25. The maximum absolute atomic E-state index is 12.5. The number of methoxy groups -OCH3 is 1. The molecular formula is C20H19N3O3. The second-order valence-corrected chi connectivity index (χ2v) is 6.29. The van der Waals surface area contributed by atoms with Crippen molar-refractivity contribution in [3.63, 3.8) is 0 Å². The summed E-state index contributed by atoms with van der Waals surface area (Å²) in [4.78, 5) is 24.9. The number of para-hydroxylation sites is 1. The van der Waals surface area contributed by atoms with Crippen LogP contribution in [0.15, 0.2) is 54.6 Å². The van der Waals surface area contributed by atoms with Crippen molar-refractivity contribution >= 4 is 22.7 Å². The zero-order chi connectivity index (χ0) is 18.1. The van der Waals surface area contributed by atoms with Gasteiger partial charge in [-0.25, -0.2) is 0 Å². The van der Waals surface area contributed by atoms with E-state index in [0.29, 0.717) is 18.8 Å². The molecule has 0 saturated heterocycles. The molecule has 0 bridgehead atoms. The predicted molar refractivity (Wildman–Crippen MR) is 98.0 cm³/mol. The number of rotatable bonds is 4. The molecule has 26 heavy (non-hydrogen) atoms. The molecule has 0 saturated carbocycles. The van der Waals surface area contributed by atoms with E-state index in [9.17, 15) is 9.59 Å². The molecule has 1 aromatic heterocycles. The number of hydrogen-bond acceptors (Lipinski definition) is 3. The standard InChI is InChI=1S/C20H19N3O3/c1-26-15-8-6-13(7-9-15)11-21-19(24)16-12-23-17-5-3-2-4-14(17)10-18(23)20(25)22-16/h2-10,16H,11-12H2,1H3,(H,21,24)(H,22,25)/t16-/m0/s1. The molecule has 2 N–H and O–H groups in total. The maximum Gasteiger partial charge on any atom is 0.268 e. The largest absolute Gasteiger partial charge is 0.497 e. The lowest BCUT2D eigenvalue weighted by molar-refractivity contribution is -0.123. The fraction of sp³-hybridized carbons (Fsp3) is 0.200. The molecule has 0 fully saturated rings. The van der Waals surface area contributed by atoms with Gasteiger partial charge in [-0.15, -0.1) is 0 Å². The third-order valence-corrected chi connectivity index (χ3v) is 4.66. The Balaban J connectivity index is 1.48. The van der Waals surface area contributed by atoms with Gasteiger partial charge < -0.3 is 19.9 Å². The molecule has 3 aromatic rings. The van der Waals surface area contributed by atoms with Crippen LogP contribution in [0.2, 0.25) is 0 Å². The Bertz CT molecular complexity index is 976. The molecule has 0 aliphatic carbocycles. The highest BCUT2D eigenvalue weighted by Crippen LogP contribution is 2.22. The summed E-state index contributed by atoms with van der Waals surface area (Å²) in [7, 11) is 1.61. The van der Waals surface area contributed by atoms with E-state index in [-0.39, 0.29) is 11.8 Å². The summed E-state index contributed by atoms with van der Waals surface area (Å²) in [6.45, 7) is 0.817. The Kier molecular flexibility index (Phi) is 4.08. The summed E-state index contributed by atoms with van der Waals surface area (Å²) < 4.78 is 7.03. The minimum atomic E-state index is -0.593. The number of aromatic nitrogens is 1. The molecule has 4 rings (SSSR count). The summed E-state index contributed by atoms with van der Waals surface area (Å²) in [5, 5.41) is 6.68. The first-order chi connectivity index (χ1) is 12.7. The van der Waals surface area contributed by atoms with Gasteiger partial charge in [0.2, 0.25) is 5.91 Å². The predicted octanol–water partition coefficient (Wildman–Crippen LogP) is 2.08. The van der Waals surface area contributed by atoms with Crippen molar-refractivity contribution in [2.24, 2.45) is 0 Å². The molecule has 1 aliphatic rings. The van der Waals surface area contributed by atoms with Crippen molar-refractivity contribution in [1.29, 1.82) is 0 Å². The van der Waals surface area contributed by atoms with E-state index in [1.807, 2.05) is 59.2 Å². The second kappa shape index (κ2) is 6.55. The summed E-state index contributed by atoms with van der Waals surface area (Å²) in [6.07, 6.45) is 0. The smallest absolute Gasteiger partial charge is 0.268 e. The lowest BCUT2D eigenvalue weighted by atomic mass is 10.1. The molecule has 2 aromatic carbocycles. The average Bonchev–Trinajstić information content (AvgIpc) is 3.06. The molecule has 0 spiro atoms. The van der Waals surface area contributed by atoms with E-state index in [2.05, 4.69) is 10.6 Å². The third kappa shape index (κ3) is 2.90. The minimum absolute atomic E-state index is 0.197. The van der Waals surface area contributed by atoms with E-state index in [0.717, 1.165) is 22.2 Å². The zero-order valence-corrected chi connectivity index (χ0v) is 14.4. The van der Waals surface area contributed by atoms with E-state index in [1.54, 1.807) is 7.11 Å². The molecule has 6 nitrogen and oxygen atoms in total. The van der Waals surface area contributed by atoms with Crippen LogP contribution in [0.25, 0.3) is 10.9 Å². The molecule has 1 atom stereocenters. The van der Waals surface area contributed by atoms with Crippen molar-refractivity contribution in [2.75, 3.05) is 7.11 Å². The molecule has 6 heteroatoms. The van der Waals surface area contributed by atoms with Gasteiger partial charge in [-0.2, -0.15) is 0 Å². The van der Waals surface area contributed by atoms with Gasteiger partial charge in [0.05, 0.1) is 13.7 Å². The maximum atomic E-state index is 12.5. The first kappa shape index (κ1) is 16.2. The Hall–Kier alpha value is -3.28. The SMILES string of the molecule is COc1ccc(CNC(=O)[C@@H]2Cn3c(cc4ccccc43)C(=O)N2)cc1. The lowest BCUT2D eigenvalue weighted by Crippen LogP contribution is -2.52. The normalized spacial score (nSPS) is 16.0.